The Morgan fingerprint density at radius 3 is 2.24 bits per heavy atom. The van der Waals surface area contributed by atoms with Gasteiger partial charge in [0.05, 0.1) is 0 Å². The van der Waals surface area contributed by atoms with Crippen molar-refractivity contribution in [1.82, 2.24) is 0 Å². The quantitative estimate of drug-likeness (QED) is 0.549. The second kappa shape index (κ2) is 6.46. The van der Waals surface area contributed by atoms with E-state index in [4.69, 9.17) is 17.0 Å². The molecule has 0 amide bonds. The Bertz CT molecular complexity index is 480. The molecule has 0 aliphatic rings. The van der Waals surface area contributed by atoms with Crippen LogP contribution in [0.5, 0.6) is 0 Å². The molecule has 0 unspecified atom stereocenters. The van der Waals surface area contributed by atoms with Crippen LogP contribution < -0.4 is 0 Å². The molecule has 0 atom stereocenters. The summed E-state index contributed by atoms with van der Waals surface area (Å²) in [4.78, 5) is 0. The van der Waals surface area contributed by atoms with E-state index in [1.54, 1.807) is 0 Å². The maximum absolute atomic E-state index is 4.93. The Hall–Kier alpha value is 0.293. The molecule has 92 valence electrons. The first-order chi connectivity index (χ1) is 7.88. The van der Waals surface area contributed by atoms with E-state index in [2.05, 4.69) is 58.0 Å². The van der Waals surface area contributed by atoms with Crippen molar-refractivity contribution in [3.05, 3.63) is 41.5 Å². The van der Waals surface area contributed by atoms with Crippen LogP contribution in [0.25, 0.3) is 10.8 Å². The summed E-state index contributed by atoms with van der Waals surface area (Å²) in [6, 6.07) is 11.3. The van der Waals surface area contributed by atoms with E-state index in [-0.39, 0.29) is 5.41 Å². The summed E-state index contributed by atoms with van der Waals surface area (Å²) in [7, 11) is 9.87. The van der Waals surface area contributed by atoms with E-state index in [1.807, 2.05) is 0 Å². The van der Waals surface area contributed by atoms with Gasteiger partial charge in [-0.3, -0.25) is 0 Å². The minimum absolute atomic E-state index is 0.249. The standard InChI is InChI=1S/C14H17.2ClH.Zr/c1-10-7-11-5-6-13(14(2,3)4)9-12(11)8-10;;;/h5-9H,1-4H3;2*1H;/q-1;;;+2/p-2. The third kappa shape index (κ3) is 4.47. The fourth-order valence-electron chi connectivity index (χ4n) is 1.83. The number of aryl methyl sites for hydroxylation is 1. The SMILES string of the molecule is Cc1cc2cc(C(C)(C)C)ccc2[cH-]1.[Cl][Zr][Cl]. The Morgan fingerprint density at radius 1 is 1.12 bits per heavy atom. The van der Waals surface area contributed by atoms with Gasteiger partial charge in [-0.05, 0) is 5.41 Å². The summed E-state index contributed by atoms with van der Waals surface area (Å²) in [5, 5.41) is 2.73. The van der Waals surface area contributed by atoms with Gasteiger partial charge in [0, 0.05) is 0 Å². The van der Waals surface area contributed by atoms with Crippen molar-refractivity contribution in [1.29, 1.82) is 0 Å². The van der Waals surface area contributed by atoms with Crippen LogP contribution in [0.3, 0.4) is 0 Å². The molecule has 0 bridgehead atoms. The van der Waals surface area contributed by atoms with Gasteiger partial charge >= 0.3 is 37.9 Å². The number of rotatable bonds is 0. The molecule has 2 rings (SSSR count). The first-order valence-corrected chi connectivity index (χ1v) is 11.9. The normalized spacial score (nSPS) is 10.9. The van der Waals surface area contributed by atoms with Crippen molar-refractivity contribution < 1.29 is 20.8 Å². The number of fused-ring (bicyclic) bond motifs is 1. The summed E-state index contributed by atoms with van der Waals surface area (Å²) in [5.41, 5.74) is 3.01. The van der Waals surface area contributed by atoms with Crippen molar-refractivity contribution >= 4 is 27.8 Å². The predicted molar refractivity (Wildman–Crippen MR) is 74.7 cm³/mol. The van der Waals surface area contributed by atoms with E-state index in [0.29, 0.717) is 0 Å². The van der Waals surface area contributed by atoms with Crippen molar-refractivity contribution in [3.8, 4) is 0 Å². The summed E-state index contributed by atoms with van der Waals surface area (Å²) in [5.74, 6) is 0. The van der Waals surface area contributed by atoms with Crippen LogP contribution in [0.1, 0.15) is 31.9 Å². The number of benzene rings is 1. The van der Waals surface area contributed by atoms with E-state index in [9.17, 15) is 0 Å². The second-order valence-corrected chi connectivity index (χ2v) is 8.93. The van der Waals surface area contributed by atoms with Crippen LogP contribution in [0.4, 0.5) is 0 Å². The molecule has 0 fully saturated rings. The molecule has 0 saturated carbocycles. The van der Waals surface area contributed by atoms with Gasteiger partial charge in [0.15, 0.2) is 0 Å². The number of hydrogen-bond acceptors (Lipinski definition) is 0. The topological polar surface area (TPSA) is 0 Å². The van der Waals surface area contributed by atoms with E-state index in [0.717, 1.165) is 0 Å². The molecule has 0 aliphatic carbocycles. The number of hydrogen-bond donors (Lipinski definition) is 0. The minimum atomic E-state index is -0.826. The van der Waals surface area contributed by atoms with Gasteiger partial charge in [0.1, 0.15) is 0 Å². The molecule has 0 N–H and O–H groups in total. The molecule has 0 nitrogen and oxygen atoms in total. The zero-order valence-electron chi connectivity index (χ0n) is 10.6. The Balaban J connectivity index is 0.000000437. The molecule has 2 aromatic rings. The molecule has 0 spiro atoms. The molecular formula is C14H17Cl2Zr-. The third-order valence-corrected chi connectivity index (χ3v) is 2.72. The van der Waals surface area contributed by atoms with Gasteiger partial charge in [-0.25, -0.2) is 0 Å². The van der Waals surface area contributed by atoms with Crippen LogP contribution in [0.15, 0.2) is 30.3 Å². The Morgan fingerprint density at radius 2 is 1.71 bits per heavy atom. The summed E-state index contributed by atoms with van der Waals surface area (Å²) < 4.78 is 0. The molecular weight excluding hydrogens is 330 g/mol. The van der Waals surface area contributed by atoms with E-state index in [1.165, 1.54) is 21.9 Å². The summed E-state index contributed by atoms with van der Waals surface area (Å²) in [6.07, 6.45) is 0. The Kier molecular flexibility index (Phi) is 5.83. The zero-order chi connectivity index (χ0) is 13.1. The van der Waals surface area contributed by atoms with E-state index < -0.39 is 20.8 Å². The van der Waals surface area contributed by atoms with Crippen LogP contribution >= 0.6 is 17.0 Å². The van der Waals surface area contributed by atoms with Gasteiger partial charge in [0.2, 0.25) is 0 Å². The molecule has 0 aromatic heterocycles. The van der Waals surface area contributed by atoms with Gasteiger partial charge in [-0.15, -0.1) is 40.6 Å². The van der Waals surface area contributed by atoms with Crippen LogP contribution in [-0.4, -0.2) is 0 Å². The third-order valence-electron chi connectivity index (χ3n) is 2.72. The molecule has 3 heteroatoms. The second-order valence-electron chi connectivity index (χ2n) is 5.20. The van der Waals surface area contributed by atoms with Gasteiger partial charge in [-0.2, -0.15) is 6.07 Å². The zero-order valence-corrected chi connectivity index (χ0v) is 14.6. The predicted octanol–water partition coefficient (Wildman–Crippen LogP) is 5.54. The summed E-state index contributed by atoms with van der Waals surface area (Å²) in [6.45, 7) is 8.91. The number of halogens is 2. The molecule has 0 aliphatic heterocycles. The molecule has 0 radical (unpaired) electrons. The monoisotopic (exact) mass is 345 g/mol. The average Bonchev–Trinajstić information content (AvgIpc) is 2.56. The molecule has 17 heavy (non-hydrogen) atoms. The van der Waals surface area contributed by atoms with Crippen molar-refractivity contribution in [2.24, 2.45) is 0 Å². The summed E-state index contributed by atoms with van der Waals surface area (Å²) >= 11 is -0.826. The average molecular weight is 347 g/mol. The van der Waals surface area contributed by atoms with Crippen LogP contribution in [-0.2, 0) is 26.3 Å². The van der Waals surface area contributed by atoms with Gasteiger partial charge < -0.3 is 0 Å². The van der Waals surface area contributed by atoms with Crippen molar-refractivity contribution in [2.75, 3.05) is 0 Å². The maximum atomic E-state index is 4.93. The Labute approximate surface area is 122 Å². The van der Waals surface area contributed by atoms with Gasteiger partial charge in [0.25, 0.3) is 0 Å². The van der Waals surface area contributed by atoms with Crippen molar-refractivity contribution in [3.63, 3.8) is 0 Å². The van der Waals surface area contributed by atoms with Crippen molar-refractivity contribution in [2.45, 2.75) is 33.1 Å². The first-order valence-electron chi connectivity index (χ1n) is 5.52. The van der Waals surface area contributed by atoms with Crippen LogP contribution in [0, 0.1) is 6.92 Å². The first kappa shape index (κ1) is 15.4. The fourth-order valence-corrected chi connectivity index (χ4v) is 1.83. The molecule has 2 aromatic carbocycles. The van der Waals surface area contributed by atoms with Crippen LogP contribution in [0.2, 0.25) is 0 Å². The fraction of sp³-hybridized carbons (Fsp3) is 0.357. The molecule has 0 saturated heterocycles. The van der Waals surface area contributed by atoms with Gasteiger partial charge in [-0.1, -0.05) is 33.3 Å². The van der Waals surface area contributed by atoms with E-state index >= 15 is 0 Å². The molecule has 0 heterocycles.